The van der Waals surface area contributed by atoms with E-state index in [-0.39, 0.29) is 18.9 Å². The van der Waals surface area contributed by atoms with Gasteiger partial charge in [-0.2, -0.15) is 0 Å². The van der Waals surface area contributed by atoms with Gasteiger partial charge in [0.2, 0.25) is 0 Å². The maximum atomic E-state index is 13.2. The topological polar surface area (TPSA) is 153 Å². The smallest absolute Gasteiger partial charge is 0.434 e. The Morgan fingerprint density at radius 2 is 1.78 bits per heavy atom. The van der Waals surface area contributed by atoms with Crippen LogP contribution in [0.25, 0.3) is 34.0 Å². The van der Waals surface area contributed by atoms with E-state index in [4.69, 9.17) is 30.4 Å². The van der Waals surface area contributed by atoms with Crippen LogP contribution in [0.2, 0.25) is 0 Å². The number of carbonyl (C=O) groups excluding carboxylic acids is 1. The van der Waals surface area contributed by atoms with Gasteiger partial charge < -0.3 is 23.5 Å². The van der Waals surface area contributed by atoms with E-state index in [9.17, 15) is 13.2 Å². The number of aliphatic imine (C=N–C) groups is 1. The molecule has 2 aliphatic rings. The van der Waals surface area contributed by atoms with Gasteiger partial charge in [0.1, 0.15) is 22.7 Å². The summed E-state index contributed by atoms with van der Waals surface area (Å²) in [4.78, 5) is 27.4. The van der Waals surface area contributed by atoms with E-state index in [0.717, 1.165) is 11.1 Å². The van der Waals surface area contributed by atoms with Gasteiger partial charge in [-0.3, -0.25) is 4.98 Å². The molecule has 0 aliphatic carbocycles. The van der Waals surface area contributed by atoms with Crippen LogP contribution in [0.5, 0.6) is 0 Å². The molecule has 46 heavy (non-hydrogen) atoms. The fourth-order valence-corrected chi connectivity index (χ4v) is 5.30. The van der Waals surface area contributed by atoms with Crippen LogP contribution in [0.1, 0.15) is 52.6 Å². The van der Waals surface area contributed by atoms with Crippen molar-refractivity contribution in [2.45, 2.75) is 62.4 Å². The Labute approximate surface area is 275 Å². The first-order valence-corrected chi connectivity index (χ1v) is 15.7. The Morgan fingerprint density at radius 1 is 1.13 bits per heavy atom. The van der Waals surface area contributed by atoms with Crippen molar-refractivity contribution in [3.63, 3.8) is 0 Å². The minimum absolute atomic E-state index is 0.225. The molecule has 1 unspecified atom stereocenters. The monoisotopic (exact) mass is 646 g/mol. The molecule has 0 N–H and O–H groups in total. The molecule has 0 radical (unpaired) electrons. The second-order valence-electron chi connectivity index (χ2n) is 11.9. The average molecular weight is 646 g/mol. The molecule has 0 spiro atoms. The van der Waals surface area contributed by atoms with Crippen molar-refractivity contribution in [2.75, 3.05) is 7.05 Å². The predicted octanol–water partition coefficient (Wildman–Crippen LogP) is 4.24. The zero-order chi connectivity index (χ0) is 36.9. The van der Waals surface area contributed by atoms with Gasteiger partial charge in [-0.05, 0) is 52.2 Å². The van der Waals surface area contributed by atoms with Crippen molar-refractivity contribution in [1.29, 1.82) is 0 Å². The largest absolute Gasteiger partial charge is 0.549 e. The van der Waals surface area contributed by atoms with Crippen LogP contribution in [0.3, 0.4) is 0 Å². The molecule has 0 saturated carbocycles. The second-order valence-corrected chi connectivity index (χ2v) is 13.8. The average Bonchev–Trinajstić information content (AvgIpc) is 4.01. The van der Waals surface area contributed by atoms with Crippen LogP contribution < -0.4 is 0 Å². The van der Waals surface area contributed by atoms with E-state index in [1.54, 1.807) is 33.9 Å². The summed E-state index contributed by atoms with van der Waals surface area (Å²) < 4.78 is 87.0. The Kier molecular flexibility index (Phi) is 6.53. The molecule has 2 aliphatic heterocycles. The normalized spacial score (nSPS) is 20.0. The lowest BCUT2D eigenvalue weighted by Gasteiger charge is -2.24. The fourth-order valence-electron chi connectivity index (χ4n) is 4.53. The standard InChI is InChI=1S/C31H33B2N5O7S/c1-18(2)46(40,41)22-13-11-21(12-14-22)24-16-34-27(31(33-45-31)36-28-32-43-28)26(35-24)25-15-23(37-44-25)20-9-7-19(8-10-20)17-38(6)29(39)42-30(3,4)5/h7-16,18,32-33H,17H2,1-6H3/b36-28+/i1D2,2D2,18D. The summed E-state index contributed by atoms with van der Waals surface area (Å²) in [7, 11) is -2.47. The number of hydrogen-bond acceptors (Lipinski definition) is 11. The summed E-state index contributed by atoms with van der Waals surface area (Å²) in [5.74, 6) is 0.759. The first-order valence-electron chi connectivity index (χ1n) is 17.0. The van der Waals surface area contributed by atoms with Crippen molar-refractivity contribution in [1.82, 2.24) is 20.0 Å². The van der Waals surface area contributed by atoms with Gasteiger partial charge in [0.15, 0.2) is 27.0 Å². The SMILES string of the molecule is [2H]C([2H])C([2H])(C([2H])[2H])S(=O)(=O)c1ccc(-c2cnc(C3(/N=C4\BO4)BO3)c(-c3cc(-c4ccc(CN(C)C(=O)OC(C)(C)C)cc4)no3)n2)cc1. The van der Waals surface area contributed by atoms with Crippen LogP contribution >= 0.6 is 0 Å². The van der Waals surface area contributed by atoms with E-state index in [1.165, 1.54) is 35.4 Å². The minimum atomic E-state index is -4.72. The van der Waals surface area contributed by atoms with Crippen LogP contribution in [-0.4, -0.2) is 73.2 Å². The van der Waals surface area contributed by atoms with Crippen LogP contribution in [0, 0.1) is 0 Å². The number of nitrogens with zero attached hydrogens (tertiary/aromatic N) is 5. The predicted molar refractivity (Wildman–Crippen MR) is 174 cm³/mol. The van der Waals surface area contributed by atoms with Gasteiger partial charge in [-0.15, -0.1) is 0 Å². The molecule has 1 atom stereocenters. The summed E-state index contributed by atoms with van der Waals surface area (Å²) in [6.45, 7) is 1.17. The Morgan fingerprint density at radius 3 is 2.39 bits per heavy atom. The second kappa shape index (κ2) is 11.7. The third kappa shape index (κ3) is 6.70. The molecule has 1 amide bonds. The molecule has 236 valence electrons. The maximum Gasteiger partial charge on any atom is 0.434 e. The molecule has 6 rings (SSSR count). The molecule has 0 bridgehead atoms. The van der Waals surface area contributed by atoms with Crippen molar-refractivity contribution in [2.24, 2.45) is 4.99 Å². The number of aromatic nitrogens is 3. The molecule has 2 aromatic carbocycles. The lowest BCUT2D eigenvalue weighted by molar-refractivity contribution is 0.0285. The quantitative estimate of drug-likeness (QED) is 0.191. The molecule has 2 fully saturated rings. The number of ether oxygens (including phenoxy) is 1. The van der Waals surface area contributed by atoms with Crippen LogP contribution in [-0.2, 0) is 36.1 Å². The van der Waals surface area contributed by atoms with Crippen molar-refractivity contribution in [3.8, 4) is 34.0 Å². The number of hydrogen-bond donors (Lipinski definition) is 0. The van der Waals surface area contributed by atoms with Gasteiger partial charge in [0.25, 0.3) is 0 Å². The zero-order valence-corrected chi connectivity index (χ0v) is 26.4. The third-order valence-corrected chi connectivity index (χ3v) is 8.54. The van der Waals surface area contributed by atoms with Gasteiger partial charge in [0.05, 0.1) is 22.0 Å². The third-order valence-electron chi connectivity index (χ3n) is 7.03. The lowest BCUT2D eigenvalue weighted by atomic mass is 9.91. The fraction of sp³-hybridized carbons (Fsp3) is 0.323. The highest BCUT2D eigenvalue weighted by Gasteiger charge is 2.54. The van der Waals surface area contributed by atoms with Gasteiger partial charge in [-0.25, -0.2) is 23.2 Å². The summed E-state index contributed by atoms with van der Waals surface area (Å²) in [5, 5.41) is 1.24. The lowest BCUT2D eigenvalue weighted by Crippen LogP contribution is -2.33. The molecule has 4 aromatic rings. The summed E-state index contributed by atoms with van der Waals surface area (Å²) in [5.41, 5.74) is 1.72. The van der Waals surface area contributed by atoms with Gasteiger partial charge in [-0.1, -0.05) is 41.6 Å². The van der Waals surface area contributed by atoms with Crippen molar-refractivity contribution in [3.05, 3.63) is 72.1 Å². The van der Waals surface area contributed by atoms with Crippen LogP contribution in [0.4, 0.5) is 4.79 Å². The number of carbonyl (C=O) groups is 1. The molecule has 2 aromatic heterocycles. The van der Waals surface area contributed by atoms with E-state index < -0.39 is 51.0 Å². The Bertz CT molecular complexity index is 2080. The number of amides is 1. The van der Waals surface area contributed by atoms with E-state index in [0.29, 0.717) is 42.5 Å². The van der Waals surface area contributed by atoms with Crippen LogP contribution in [0.15, 0.2) is 75.2 Å². The highest BCUT2D eigenvalue weighted by molar-refractivity contribution is 7.92. The number of sulfone groups is 1. The maximum absolute atomic E-state index is 13.2. The molecular formula is C31H33B2N5O7S. The Balaban J connectivity index is 1.30. The highest BCUT2D eigenvalue weighted by Crippen LogP contribution is 2.43. The first-order chi connectivity index (χ1) is 23.9. The molecule has 4 heterocycles. The number of rotatable bonds is 9. The minimum Gasteiger partial charge on any atom is -0.549 e. The van der Waals surface area contributed by atoms with Crippen molar-refractivity contribution >= 4 is 36.7 Å². The molecule has 2 saturated heterocycles. The zero-order valence-electron chi connectivity index (χ0n) is 30.6. The Hall–Kier alpha value is -4.49. The number of benzene rings is 2. The summed E-state index contributed by atoms with van der Waals surface area (Å²) in [6.07, 6.45) is 1.03. The first kappa shape index (κ1) is 25.7. The molecule has 12 nitrogen and oxygen atoms in total. The van der Waals surface area contributed by atoms with Gasteiger partial charge in [0, 0.05) is 37.6 Å². The van der Waals surface area contributed by atoms with E-state index >= 15 is 0 Å². The van der Waals surface area contributed by atoms with Crippen molar-refractivity contribution < 1.29 is 38.6 Å². The summed E-state index contributed by atoms with van der Waals surface area (Å²) in [6, 6.07) is 14.3. The molecular weight excluding hydrogens is 608 g/mol. The summed E-state index contributed by atoms with van der Waals surface area (Å²) >= 11 is 0. The van der Waals surface area contributed by atoms with E-state index in [2.05, 4.69) is 15.1 Å². The highest BCUT2D eigenvalue weighted by atomic mass is 32.2. The van der Waals surface area contributed by atoms with E-state index in [1.807, 2.05) is 24.3 Å². The van der Waals surface area contributed by atoms with Gasteiger partial charge >= 0.3 is 21.1 Å². The molecule has 15 heteroatoms.